The number of thiazole rings is 1. The fourth-order valence-corrected chi connectivity index (χ4v) is 4.98. The predicted molar refractivity (Wildman–Crippen MR) is 111 cm³/mol. The van der Waals surface area contributed by atoms with Crippen molar-refractivity contribution >= 4 is 39.0 Å². The number of halogens is 4. The molecule has 1 aromatic carbocycles. The Hall–Kier alpha value is -3.13. The van der Waals surface area contributed by atoms with Gasteiger partial charge in [0.1, 0.15) is 24.0 Å². The summed E-state index contributed by atoms with van der Waals surface area (Å²) < 4.78 is 79.1. The van der Waals surface area contributed by atoms with Crippen LogP contribution in [-0.2, 0) is 32.5 Å². The minimum Gasteiger partial charge on any atom is -0.350 e. The summed E-state index contributed by atoms with van der Waals surface area (Å²) >= 11 is 0.328. The van der Waals surface area contributed by atoms with E-state index in [2.05, 4.69) is 20.3 Å². The Morgan fingerprint density at radius 1 is 1.35 bits per heavy atom. The van der Waals surface area contributed by atoms with Crippen molar-refractivity contribution in [3.63, 3.8) is 0 Å². The molecule has 0 aliphatic carbocycles. The molecular weight excluding hydrogens is 504 g/mol. The number of nitrogens with one attached hydrogen (secondary N) is 3. The zero-order valence-electron chi connectivity index (χ0n) is 17.2. The Morgan fingerprint density at radius 2 is 2.06 bits per heavy atom. The highest BCUT2D eigenvalue weighted by molar-refractivity contribution is 7.87. The molecule has 2 aromatic rings. The number of hydrogen-bond donors (Lipinski definition) is 3. The molecular formula is C18H16F4N6O4S2. The fraction of sp³-hybridized carbons (Fsp3) is 0.333. The first-order chi connectivity index (χ1) is 15.8. The molecule has 0 spiro atoms. The van der Waals surface area contributed by atoms with Crippen molar-refractivity contribution in [3.8, 4) is 6.07 Å². The predicted octanol–water partition coefficient (Wildman–Crippen LogP) is 1.33. The van der Waals surface area contributed by atoms with Crippen LogP contribution in [0, 0.1) is 17.1 Å². The quantitative estimate of drug-likeness (QED) is 0.508. The summed E-state index contributed by atoms with van der Waals surface area (Å²) in [5.74, 6) is -2.50. The number of anilines is 1. The van der Waals surface area contributed by atoms with Crippen LogP contribution >= 0.6 is 11.3 Å². The monoisotopic (exact) mass is 520 g/mol. The molecule has 182 valence electrons. The van der Waals surface area contributed by atoms with Crippen LogP contribution in [0.5, 0.6) is 0 Å². The van der Waals surface area contributed by atoms with Crippen molar-refractivity contribution in [2.45, 2.75) is 31.2 Å². The molecule has 34 heavy (non-hydrogen) atoms. The molecule has 1 aromatic heterocycles. The maximum absolute atomic E-state index is 13.5. The van der Waals surface area contributed by atoms with Crippen molar-refractivity contribution in [1.82, 2.24) is 19.3 Å². The van der Waals surface area contributed by atoms with Gasteiger partial charge < -0.3 is 10.6 Å². The van der Waals surface area contributed by atoms with Gasteiger partial charge in [0.2, 0.25) is 11.8 Å². The third kappa shape index (κ3) is 5.67. The summed E-state index contributed by atoms with van der Waals surface area (Å²) in [5.41, 5.74) is -0.294. The molecule has 2 amide bonds. The number of benzene rings is 1. The molecule has 3 rings (SSSR count). The Labute approximate surface area is 194 Å². The molecule has 1 aliphatic heterocycles. The number of nitrogens with zero attached hydrogens (tertiary/aromatic N) is 3. The molecule has 0 radical (unpaired) electrons. The van der Waals surface area contributed by atoms with Gasteiger partial charge in [-0.3, -0.25) is 9.59 Å². The van der Waals surface area contributed by atoms with Crippen LogP contribution in [0.25, 0.3) is 0 Å². The summed E-state index contributed by atoms with van der Waals surface area (Å²) in [6.07, 6.45) is -3.99. The molecule has 2 heterocycles. The van der Waals surface area contributed by atoms with E-state index in [4.69, 9.17) is 5.26 Å². The smallest absolute Gasteiger partial charge is 0.350 e. The van der Waals surface area contributed by atoms with E-state index in [1.54, 1.807) is 6.07 Å². The maximum atomic E-state index is 13.5. The molecule has 1 aliphatic rings. The van der Waals surface area contributed by atoms with E-state index < -0.39 is 51.1 Å². The summed E-state index contributed by atoms with van der Waals surface area (Å²) in [5, 5.41) is 12.5. The van der Waals surface area contributed by atoms with Crippen LogP contribution in [0.15, 0.2) is 24.4 Å². The van der Waals surface area contributed by atoms with Crippen molar-refractivity contribution < 1.29 is 35.6 Å². The Bertz CT molecular complexity index is 1260. The molecule has 16 heteroatoms. The zero-order chi connectivity index (χ0) is 25.3. The van der Waals surface area contributed by atoms with Gasteiger partial charge in [0, 0.05) is 23.8 Å². The number of hydrogen-bond acceptors (Lipinski definition) is 7. The Morgan fingerprint density at radius 3 is 2.68 bits per heavy atom. The fourth-order valence-electron chi connectivity index (χ4n) is 3.01. The number of aromatic nitrogens is 1. The Kier molecular flexibility index (Phi) is 7.21. The average Bonchev–Trinajstić information content (AvgIpc) is 3.24. The standard InChI is InChI=1S/C18H16F4N6O4S2/c1-28-14(16(30)26-10-2-3-12(19)9(4-10)6-23)5-13(27-34(28,31)32)15(29)24-7-11-8-25-17(33-11)18(20,21)22/h2-4,8,13-14,27H,5,7H2,1H3,(H,24,29)(H,26,30). The number of carbonyl (C=O) groups is 2. The third-order valence-electron chi connectivity index (χ3n) is 4.77. The largest absolute Gasteiger partial charge is 0.443 e. The molecule has 2 unspecified atom stereocenters. The summed E-state index contributed by atoms with van der Waals surface area (Å²) in [4.78, 5) is 28.6. The van der Waals surface area contributed by atoms with Crippen molar-refractivity contribution in [1.29, 1.82) is 5.26 Å². The van der Waals surface area contributed by atoms with E-state index in [0.717, 1.165) is 25.4 Å². The van der Waals surface area contributed by atoms with E-state index in [9.17, 15) is 35.6 Å². The van der Waals surface area contributed by atoms with E-state index in [0.29, 0.717) is 15.6 Å². The van der Waals surface area contributed by atoms with Crippen LogP contribution in [0.1, 0.15) is 21.9 Å². The molecule has 1 saturated heterocycles. The molecule has 1 fully saturated rings. The number of carbonyl (C=O) groups excluding carboxylic acids is 2. The summed E-state index contributed by atoms with van der Waals surface area (Å²) in [7, 11) is -3.16. The highest BCUT2D eigenvalue weighted by Crippen LogP contribution is 2.32. The second-order valence-electron chi connectivity index (χ2n) is 7.09. The summed E-state index contributed by atoms with van der Waals surface area (Å²) in [6.45, 7) is -0.329. The molecule has 2 atom stereocenters. The number of likely N-dealkylation sites (N-methyl/N-ethyl adjacent to an activating group) is 1. The van der Waals surface area contributed by atoms with E-state index in [1.165, 1.54) is 6.07 Å². The normalized spacial score (nSPS) is 20.4. The third-order valence-corrected chi connectivity index (χ3v) is 7.41. The van der Waals surface area contributed by atoms with Gasteiger partial charge in [0.25, 0.3) is 10.2 Å². The highest BCUT2D eigenvalue weighted by Gasteiger charge is 2.42. The minimum absolute atomic E-state index is 0.0407. The van der Waals surface area contributed by atoms with Gasteiger partial charge >= 0.3 is 6.18 Å². The lowest BCUT2D eigenvalue weighted by Crippen LogP contribution is -2.62. The second-order valence-corrected chi connectivity index (χ2v) is 9.96. The molecule has 10 nitrogen and oxygen atoms in total. The molecule has 0 bridgehead atoms. The van der Waals surface area contributed by atoms with Crippen molar-refractivity contribution in [2.24, 2.45) is 0 Å². The Balaban J connectivity index is 1.70. The average molecular weight is 520 g/mol. The van der Waals surface area contributed by atoms with Crippen molar-refractivity contribution in [3.05, 3.63) is 45.7 Å². The first-order valence-electron chi connectivity index (χ1n) is 9.37. The van der Waals surface area contributed by atoms with E-state index in [-0.39, 0.29) is 29.1 Å². The van der Waals surface area contributed by atoms with Crippen LogP contribution in [0.4, 0.5) is 23.2 Å². The van der Waals surface area contributed by atoms with Gasteiger partial charge in [-0.1, -0.05) is 0 Å². The second kappa shape index (κ2) is 9.62. The first kappa shape index (κ1) is 25.5. The van der Waals surface area contributed by atoms with Gasteiger partial charge in [0.15, 0.2) is 5.01 Å². The van der Waals surface area contributed by atoms with Gasteiger partial charge in [-0.2, -0.15) is 35.9 Å². The summed E-state index contributed by atoms with van der Waals surface area (Å²) in [6, 6.07) is 2.07. The SMILES string of the molecule is CN1C(C(=O)Nc2ccc(F)c(C#N)c2)CC(C(=O)NCc2cnc(C(F)(F)F)s2)NS1(=O)=O. The lowest BCUT2D eigenvalue weighted by Gasteiger charge is -2.35. The number of nitriles is 1. The van der Waals surface area contributed by atoms with E-state index >= 15 is 0 Å². The van der Waals surface area contributed by atoms with Gasteiger partial charge in [-0.15, -0.1) is 11.3 Å². The van der Waals surface area contributed by atoms with Gasteiger partial charge in [0.05, 0.1) is 12.1 Å². The van der Waals surface area contributed by atoms with Crippen LogP contribution in [0.2, 0.25) is 0 Å². The lowest BCUT2D eigenvalue weighted by molar-refractivity contribution is -0.137. The highest BCUT2D eigenvalue weighted by atomic mass is 32.2. The van der Waals surface area contributed by atoms with Gasteiger partial charge in [-0.05, 0) is 24.6 Å². The van der Waals surface area contributed by atoms with Crippen LogP contribution in [0.3, 0.4) is 0 Å². The van der Waals surface area contributed by atoms with Crippen molar-refractivity contribution in [2.75, 3.05) is 12.4 Å². The number of alkyl halides is 3. The molecule has 0 saturated carbocycles. The first-order valence-corrected chi connectivity index (χ1v) is 11.6. The topological polar surface area (TPSA) is 144 Å². The number of amides is 2. The van der Waals surface area contributed by atoms with Crippen LogP contribution in [-0.4, -0.2) is 48.7 Å². The van der Waals surface area contributed by atoms with Gasteiger partial charge in [-0.25, -0.2) is 9.37 Å². The zero-order valence-corrected chi connectivity index (χ0v) is 18.8. The lowest BCUT2D eigenvalue weighted by atomic mass is 10.1. The number of rotatable bonds is 5. The maximum Gasteiger partial charge on any atom is 0.443 e. The van der Waals surface area contributed by atoms with Crippen LogP contribution < -0.4 is 15.4 Å². The molecule has 3 N–H and O–H groups in total. The van der Waals surface area contributed by atoms with E-state index in [1.807, 2.05) is 0 Å². The minimum atomic E-state index is -4.63.